The summed E-state index contributed by atoms with van der Waals surface area (Å²) < 4.78 is 1.34. The maximum Gasteiger partial charge on any atom is 0.265 e. The van der Waals surface area contributed by atoms with Gasteiger partial charge < -0.3 is 5.11 Å². The molecule has 0 unspecified atom stereocenters. The lowest BCUT2D eigenvalue weighted by Crippen LogP contribution is -2.20. The van der Waals surface area contributed by atoms with Crippen LogP contribution in [0.25, 0.3) is 16.5 Å². The molecule has 3 aromatic carbocycles. The lowest BCUT2D eigenvalue weighted by molar-refractivity contribution is 0.436. The predicted molar refractivity (Wildman–Crippen MR) is 114 cm³/mol. The molecule has 4 rings (SSSR count). The number of hydrogen-bond acceptors (Lipinski definition) is 3. The third-order valence-corrected chi connectivity index (χ3v) is 4.74. The van der Waals surface area contributed by atoms with Gasteiger partial charge in [0.25, 0.3) is 5.56 Å². The molecule has 0 bridgehead atoms. The van der Waals surface area contributed by atoms with Crippen LogP contribution in [0.1, 0.15) is 16.7 Å². The molecule has 4 aromatic rings. The topological polar surface area (TPSA) is 54.6 Å². The molecule has 0 radical (unpaired) electrons. The summed E-state index contributed by atoms with van der Waals surface area (Å²) in [5.74, 6) is -0.120. The van der Waals surface area contributed by atoms with Gasteiger partial charge in [0.05, 0.1) is 16.9 Å². The van der Waals surface area contributed by atoms with E-state index >= 15 is 0 Å². The molecule has 138 valence electrons. The Kier molecular flexibility index (Phi) is 4.53. The highest BCUT2D eigenvalue weighted by Gasteiger charge is 2.16. The first kappa shape index (κ1) is 17.7. The van der Waals surface area contributed by atoms with E-state index in [0.717, 1.165) is 16.8 Å². The van der Waals surface area contributed by atoms with Crippen molar-refractivity contribution in [2.45, 2.75) is 13.8 Å². The number of aromatic nitrogens is 1. The molecule has 0 saturated carbocycles. The zero-order valence-electron chi connectivity index (χ0n) is 15.8. The van der Waals surface area contributed by atoms with Crippen LogP contribution < -0.4 is 5.56 Å². The summed E-state index contributed by atoms with van der Waals surface area (Å²) in [4.78, 5) is 17.6. The van der Waals surface area contributed by atoms with Crippen LogP contribution in [-0.2, 0) is 0 Å². The number of aryl methyl sites for hydroxylation is 2. The van der Waals surface area contributed by atoms with Crippen LogP contribution >= 0.6 is 0 Å². The van der Waals surface area contributed by atoms with Crippen LogP contribution in [0.15, 0.2) is 82.6 Å². The molecule has 0 atom stereocenters. The smallest absolute Gasteiger partial charge is 0.265 e. The average Bonchev–Trinajstić information content (AvgIpc) is 2.69. The molecule has 0 aliphatic carbocycles. The Morgan fingerprint density at radius 1 is 0.857 bits per heavy atom. The molecule has 4 nitrogen and oxygen atoms in total. The number of benzene rings is 3. The van der Waals surface area contributed by atoms with E-state index in [-0.39, 0.29) is 11.4 Å². The summed E-state index contributed by atoms with van der Waals surface area (Å²) in [6.07, 6.45) is 1.62. The van der Waals surface area contributed by atoms with E-state index in [1.807, 2.05) is 80.6 Å². The van der Waals surface area contributed by atoms with Crippen LogP contribution in [0.4, 0.5) is 5.69 Å². The second-order valence-corrected chi connectivity index (χ2v) is 6.86. The van der Waals surface area contributed by atoms with Crippen molar-refractivity contribution in [3.05, 3.63) is 99.8 Å². The highest BCUT2D eigenvalue weighted by Crippen LogP contribution is 2.27. The monoisotopic (exact) mass is 368 g/mol. The lowest BCUT2D eigenvalue weighted by Gasteiger charge is -2.14. The molecule has 1 aromatic heterocycles. The highest BCUT2D eigenvalue weighted by molar-refractivity contribution is 6.02. The molecule has 0 amide bonds. The quantitative estimate of drug-likeness (QED) is 0.514. The van der Waals surface area contributed by atoms with Gasteiger partial charge in [0, 0.05) is 17.0 Å². The van der Waals surface area contributed by atoms with E-state index in [2.05, 4.69) is 4.99 Å². The molecule has 1 heterocycles. The third-order valence-electron chi connectivity index (χ3n) is 4.74. The zero-order valence-corrected chi connectivity index (χ0v) is 15.8. The average molecular weight is 368 g/mol. The van der Waals surface area contributed by atoms with Gasteiger partial charge in [-0.3, -0.25) is 9.79 Å². The van der Waals surface area contributed by atoms with Gasteiger partial charge in [-0.25, -0.2) is 4.57 Å². The summed E-state index contributed by atoms with van der Waals surface area (Å²) in [6.45, 7) is 3.97. The van der Waals surface area contributed by atoms with Crippen molar-refractivity contribution >= 4 is 22.7 Å². The first-order valence-electron chi connectivity index (χ1n) is 9.09. The number of nitrogens with zero attached hydrogens (tertiary/aromatic N) is 2. The predicted octanol–water partition coefficient (Wildman–Crippen LogP) is 5.06. The van der Waals surface area contributed by atoms with Gasteiger partial charge in [0.2, 0.25) is 5.88 Å². The van der Waals surface area contributed by atoms with E-state index in [9.17, 15) is 9.90 Å². The van der Waals surface area contributed by atoms with Crippen LogP contribution in [0.3, 0.4) is 0 Å². The molecule has 0 spiro atoms. The van der Waals surface area contributed by atoms with Gasteiger partial charge >= 0.3 is 0 Å². The van der Waals surface area contributed by atoms with Crippen LogP contribution in [0, 0.1) is 13.8 Å². The van der Waals surface area contributed by atoms with Crippen molar-refractivity contribution in [3.63, 3.8) is 0 Å². The molecule has 1 N–H and O–H groups in total. The van der Waals surface area contributed by atoms with E-state index in [4.69, 9.17) is 0 Å². The Morgan fingerprint density at radius 3 is 2.29 bits per heavy atom. The summed E-state index contributed by atoms with van der Waals surface area (Å²) in [6, 6.07) is 22.6. The number of aromatic hydroxyl groups is 1. The Balaban J connectivity index is 1.97. The molecule has 28 heavy (non-hydrogen) atoms. The normalized spacial score (nSPS) is 11.4. The Bertz CT molecular complexity index is 1250. The number of rotatable bonds is 3. The number of aliphatic imine (C=N–C) groups is 1. The van der Waals surface area contributed by atoms with Gasteiger partial charge in [-0.1, -0.05) is 48.0 Å². The van der Waals surface area contributed by atoms with Crippen molar-refractivity contribution in [1.29, 1.82) is 0 Å². The fourth-order valence-electron chi connectivity index (χ4n) is 3.27. The highest BCUT2D eigenvalue weighted by atomic mass is 16.3. The van der Waals surface area contributed by atoms with Crippen molar-refractivity contribution in [2.24, 2.45) is 4.99 Å². The second kappa shape index (κ2) is 7.16. The van der Waals surface area contributed by atoms with Gasteiger partial charge in [-0.05, 0) is 49.7 Å². The van der Waals surface area contributed by atoms with Crippen molar-refractivity contribution in [2.75, 3.05) is 0 Å². The van der Waals surface area contributed by atoms with Gasteiger partial charge in [-0.15, -0.1) is 0 Å². The fraction of sp³-hybridized carbons (Fsp3) is 0.0833. The van der Waals surface area contributed by atoms with Crippen LogP contribution in [0.5, 0.6) is 5.88 Å². The second-order valence-electron chi connectivity index (χ2n) is 6.86. The fourth-order valence-corrected chi connectivity index (χ4v) is 3.27. The van der Waals surface area contributed by atoms with Crippen LogP contribution in [-0.4, -0.2) is 15.9 Å². The maximum absolute atomic E-state index is 13.1. The summed E-state index contributed by atoms with van der Waals surface area (Å²) in [5, 5.41) is 12.2. The molecule has 0 saturated heterocycles. The van der Waals surface area contributed by atoms with Gasteiger partial charge in [-0.2, -0.15) is 0 Å². The number of pyridine rings is 1. The standard InChI is InChI=1S/C24H20N2O2/c1-16-10-12-18(13-11-16)25-15-22-20-8-3-4-9-21(20)23(27)26(24(22)28)19-7-5-6-17(2)14-19/h3-15,28H,1-2H3. The van der Waals surface area contributed by atoms with Gasteiger partial charge in [0.1, 0.15) is 0 Å². The SMILES string of the molecule is Cc1ccc(N=Cc2c(O)n(-c3cccc(C)c3)c(=O)c3ccccc23)cc1. The largest absolute Gasteiger partial charge is 0.494 e. The van der Waals surface area contributed by atoms with E-state index in [1.165, 1.54) is 4.57 Å². The molecule has 0 aliphatic heterocycles. The minimum atomic E-state index is -0.258. The van der Waals surface area contributed by atoms with E-state index in [1.54, 1.807) is 12.3 Å². The summed E-state index contributed by atoms with van der Waals surface area (Å²) in [7, 11) is 0. The summed E-state index contributed by atoms with van der Waals surface area (Å²) in [5.41, 5.74) is 3.82. The lowest BCUT2D eigenvalue weighted by atomic mass is 10.1. The first-order chi connectivity index (χ1) is 13.5. The molecular weight excluding hydrogens is 348 g/mol. The molecule has 0 aliphatic rings. The summed E-state index contributed by atoms with van der Waals surface area (Å²) >= 11 is 0. The van der Waals surface area contributed by atoms with E-state index < -0.39 is 0 Å². The third kappa shape index (κ3) is 3.21. The molecular formula is C24H20N2O2. The van der Waals surface area contributed by atoms with Crippen molar-refractivity contribution in [3.8, 4) is 11.6 Å². The minimum absolute atomic E-state index is 0.120. The molecule has 4 heteroatoms. The Labute approximate surface area is 163 Å². The number of hydrogen-bond donors (Lipinski definition) is 1. The zero-order chi connectivity index (χ0) is 19.7. The minimum Gasteiger partial charge on any atom is -0.494 e. The molecule has 0 fully saturated rings. The van der Waals surface area contributed by atoms with Gasteiger partial charge in [0.15, 0.2) is 0 Å². The number of fused-ring (bicyclic) bond motifs is 1. The van der Waals surface area contributed by atoms with Crippen molar-refractivity contribution < 1.29 is 5.11 Å². The Hall–Kier alpha value is -3.66. The Morgan fingerprint density at radius 2 is 1.57 bits per heavy atom. The van der Waals surface area contributed by atoms with E-state index in [0.29, 0.717) is 22.0 Å². The van der Waals surface area contributed by atoms with Crippen LogP contribution in [0.2, 0.25) is 0 Å². The van der Waals surface area contributed by atoms with Crippen molar-refractivity contribution in [1.82, 2.24) is 4.57 Å². The maximum atomic E-state index is 13.1. The first-order valence-corrected chi connectivity index (χ1v) is 9.09.